The molecule has 0 spiro atoms. The van der Waals surface area contributed by atoms with E-state index in [9.17, 15) is 14.4 Å². The molecule has 0 atom stereocenters. The highest BCUT2D eigenvalue weighted by molar-refractivity contribution is 6.20. The van der Waals surface area contributed by atoms with Gasteiger partial charge in [0, 0.05) is 10.8 Å². The summed E-state index contributed by atoms with van der Waals surface area (Å²) in [6.45, 7) is 0. The van der Waals surface area contributed by atoms with Gasteiger partial charge in [0.05, 0.1) is 52.1 Å². The number of hydrogen-bond donors (Lipinski definition) is 1. The zero-order chi connectivity index (χ0) is 21.3. The number of aromatic amines is 1. The van der Waals surface area contributed by atoms with E-state index in [4.69, 9.17) is 23.7 Å². The Morgan fingerprint density at radius 2 is 1.45 bits per heavy atom. The summed E-state index contributed by atoms with van der Waals surface area (Å²) in [6.07, 6.45) is 0. The van der Waals surface area contributed by atoms with Gasteiger partial charge in [0.1, 0.15) is 11.4 Å². The number of H-pyrrole nitrogens is 1. The Morgan fingerprint density at radius 1 is 0.828 bits per heavy atom. The second kappa shape index (κ2) is 7.66. The first kappa shape index (κ1) is 19.9. The van der Waals surface area contributed by atoms with Gasteiger partial charge in [-0.15, -0.1) is 0 Å². The molecule has 152 valence electrons. The SMILES string of the molecule is COC(=O)c1cc2c(OC)c(OC)c3[nH]c(C(=O)OC)cc(C(=O)OC)c3c2n1. The average Bonchev–Trinajstić information content (AvgIpc) is 3.20. The molecule has 10 nitrogen and oxygen atoms in total. The molecule has 0 unspecified atom stereocenters. The van der Waals surface area contributed by atoms with E-state index in [0.717, 1.165) is 0 Å². The van der Waals surface area contributed by atoms with Gasteiger partial charge in [-0.25, -0.2) is 19.4 Å². The summed E-state index contributed by atoms with van der Waals surface area (Å²) in [5.74, 6) is -1.62. The molecular weight excluding hydrogens is 384 g/mol. The molecule has 0 radical (unpaired) electrons. The second-order valence-corrected chi connectivity index (χ2v) is 5.79. The number of esters is 3. The third-order valence-electron chi connectivity index (χ3n) is 4.36. The van der Waals surface area contributed by atoms with E-state index in [2.05, 4.69) is 9.97 Å². The van der Waals surface area contributed by atoms with Crippen molar-refractivity contribution in [1.29, 1.82) is 0 Å². The number of ether oxygens (including phenoxy) is 5. The van der Waals surface area contributed by atoms with Gasteiger partial charge in [-0.3, -0.25) is 0 Å². The number of nitrogens with zero attached hydrogens (tertiary/aromatic N) is 1. The van der Waals surface area contributed by atoms with Gasteiger partial charge in [-0.2, -0.15) is 0 Å². The van der Waals surface area contributed by atoms with Crippen LogP contribution in [0.1, 0.15) is 31.3 Å². The van der Waals surface area contributed by atoms with Crippen molar-refractivity contribution in [3.63, 3.8) is 0 Å². The summed E-state index contributed by atoms with van der Waals surface area (Å²) < 4.78 is 25.3. The number of carbonyl (C=O) groups is 3. The van der Waals surface area contributed by atoms with Crippen LogP contribution in [0.25, 0.3) is 21.8 Å². The summed E-state index contributed by atoms with van der Waals surface area (Å²) in [6, 6.07) is 2.76. The second-order valence-electron chi connectivity index (χ2n) is 5.79. The first-order chi connectivity index (χ1) is 13.9. The minimum atomic E-state index is -0.717. The fourth-order valence-electron chi connectivity index (χ4n) is 3.12. The molecule has 0 saturated carbocycles. The van der Waals surface area contributed by atoms with Crippen LogP contribution in [0.5, 0.6) is 11.5 Å². The molecule has 1 aromatic carbocycles. The number of rotatable bonds is 5. The zero-order valence-corrected chi connectivity index (χ0v) is 16.4. The largest absolute Gasteiger partial charge is 0.492 e. The maximum absolute atomic E-state index is 12.5. The zero-order valence-electron chi connectivity index (χ0n) is 16.4. The van der Waals surface area contributed by atoms with Gasteiger partial charge >= 0.3 is 17.9 Å². The molecule has 0 fully saturated rings. The van der Waals surface area contributed by atoms with Gasteiger partial charge in [-0.05, 0) is 12.1 Å². The summed E-state index contributed by atoms with van der Waals surface area (Å²) in [7, 11) is 6.46. The predicted octanol–water partition coefficient (Wildman–Crippen LogP) is 2.09. The number of fused-ring (bicyclic) bond motifs is 3. The molecule has 2 aromatic heterocycles. The number of hydrogen-bond acceptors (Lipinski definition) is 9. The van der Waals surface area contributed by atoms with Crippen LogP contribution in [-0.2, 0) is 14.2 Å². The van der Waals surface area contributed by atoms with E-state index < -0.39 is 17.9 Å². The number of nitrogens with one attached hydrogen (secondary N) is 1. The first-order valence-electron chi connectivity index (χ1n) is 8.28. The predicted molar refractivity (Wildman–Crippen MR) is 101 cm³/mol. The van der Waals surface area contributed by atoms with Gasteiger partial charge in [0.25, 0.3) is 0 Å². The fraction of sp³-hybridized carbons (Fsp3) is 0.263. The smallest absolute Gasteiger partial charge is 0.356 e. The van der Waals surface area contributed by atoms with Crippen LogP contribution in [0.2, 0.25) is 0 Å². The van der Waals surface area contributed by atoms with Gasteiger partial charge in [0.15, 0.2) is 11.5 Å². The molecule has 0 aliphatic heterocycles. The molecule has 0 aliphatic carbocycles. The van der Waals surface area contributed by atoms with Crippen molar-refractivity contribution in [3.8, 4) is 11.5 Å². The van der Waals surface area contributed by atoms with E-state index in [1.807, 2.05) is 0 Å². The highest BCUT2D eigenvalue weighted by Crippen LogP contribution is 2.44. The Balaban J connectivity index is 2.58. The van der Waals surface area contributed by atoms with Crippen molar-refractivity contribution >= 4 is 39.7 Å². The Labute approximate surface area is 164 Å². The van der Waals surface area contributed by atoms with E-state index in [1.54, 1.807) is 0 Å². The van der Waals surface area contributed by atoms with Crippen LogP contribution in [0, 0.1) is 0 Å². The summed E-state index contributed by atoms with van der Waals surface area (Å²) in [5, 5.41) is 0.703. The molecule has 0 aliphatic rings. The quantitative estimate of drug-likeness (QED) is 0.504. The van der Waals surface area contributed by atoms with Crippen molar-refractivity contribution in [1.82, 2.24) is 9.97 Å². The normalized spacial score (nSPS) is 10.7. The molecule has 3 rings (SSSR count). The van der Waals surface area contributed by atoms with Crippen LogP contribution >= 0.6 is 0 Å². The minimum absolute atomic E-state index is 0.0140. The maximum Gasteiger partial charge on any atom is 0.356 e. The van der Waals surface area contributed by atoms with Crippen LogP contribution in [0.4, 0.5) is 0 Å². The van der Waals surface area contributed by atoms with Crippen molar-refractivity contribution in [3.05, 3.63) is 29.1 Å². The van der Waals surface area contributed by atoms with Gasteiger partial charge < -0.3 is 28.7 Å². The van der Waals surface area contributed by atoms with E-state index in [-0.39, 0.29) is 44.9 Å². The number of pyridine rings is 1. The minimum Gasteiger partial charge on any atom is -0.492 e. The fourth-order valence-corrected chi connectivity index (χ4v) is 3.12. The lowest BCUT2D eigenvalue weighted by Crippen LogP contribution is -2.11. The molecule has 0 amide bonds. The summed E-state index contributed by atoms with van der Waals surface area (Å²) >= 11 is 0. The Bertz CT molecular complexity index is 1150. The topological polar surface area (TPSA) is 126 Å². The van der Waals surface area contributed by atoms with E-state index >= 15 is 0 Å². The highest BCUT2D eigenvalue weighted by Gasteiger charge is 2.27. The highest BCUT2D eigenvalue weighted by atomic mass is 16.5. The van der Waals surface area contributed by atoms with Gasteiger partial charge in [-0.1, -0.05) is 0 Å². The molecule has 2 heterocycles. The lowest BCUT2D eigenvalue weighted by atomic mass is 10.0. The monoisotopic (exact) mass is 402 g/mol. The molecule has 0 bridgehead atoms. The molecule has 1 N–H and O–H groups in total. The van der Waals surface area contributed by atoms with Crippen molar-refractivity contribution < 1.29 is 38.1 Å². The third kappa shape index (κ3) is 3.08. The molecule has 0 saturated heterocycles. The number of methoxy groups -OCH3 is 5. The van der Waals surface area contributed by atoms with E-state index in [0.29, 0.717) is 5.39 Å². The third-order valence-corrected chi connectivity index (χ3v) is 4.36. The average molecular weight is 402 g/mol. The first-order valence-corrected chi connectivity index (χ1v) is 8.28. The van der Waals surface area contributed by atoms with E-state index in [1.165, 1.54) is 47.7 Å². The van der Waals surface area contributed by atoms with Crippen molar-refractivity contribution in [2.24, 2.45) is 0 Å². The summed E-state index contributed by atoms with van der Waals surface area (Å²) in [4.78, 5) is 43.8. The lowest BCUT2D eigenvalue weighted by molar-refractivity contribution is 0.0583. The summed E-state index contributed by atoms with van der Waals surface area (Å²) in [5.41, 5.74) is 0.547. The lowest BCUT2D eigenvalue weighted by Gasteiger charge is -2.15. The maximum atomic E-state index is 12.5. The van der Waals surface area contributed by atoms with Crippen LogP contribution in [0.15, 0.2) is 12.1 Å². The Kier molecular flexibility index (Phi) is 5.26. The number of benzene rings is 1. The number of aromatic nitrogens is 2. The van der Waals surface area contributed by atoms with Crippen LogP contribution in [0.3, 0.4) is 0 Å². The Hall–Kier alpha value is -3.82. The van der Waals surface area contributed by atoms with Crippen LogP contribution < -0.4 is 9.47 Å². The number of carbonyl (C=O) groups excluding carboxylic acids is 3. The Morgan fingerprint density at radius 3 is 2.00 bits per heavy atom. The van der Waals surface area contributed by atoms with Crippen LogP contribution in [-0.4, -0.2) is 63.4 Å². The molecule has 29 heavy (non-hydrogen) atoms. The van der Waals surface area contributed by atoms with Crippen molar-refractivity contribution in [2.45, 2.75) is 0 Å². The molecule has 3 aromatic rings. The van der Waals surface area contributed by atoms with Gasteiger partial charge in [0.2, 0.25) is 0 Å². The molecule has 10 heteroatoms. The molecular formula is C19H18N2O8. The standard InChI is InChI=1S/C19H18N2O8/c1-25-15-9-7-11(19(24)29-5)20-13(9)12-8(17(22)27-3)6-10(18(23)28-4)21-14(12)16(15)26-2/h6-7,21H,1-5H3. The van der Waals surface area contributed by atoms with Crippen molar-refractivity contribution in [2.75, 3.05) is 35.5 Å².